The Morgan fingerprint density at radius 3 is 2.67 bits per heavy atom. The number of aryl methyl sites for hydroxylation is 1. The zero-order chi connectivity index (χ0) is 11.3. The summed E-state index contributed by atoms with van der Waals surface area (Å²) in [6, 6.07) is 7.99. The van der Waals surface area contributed by atoms with E-state index in [9.17, 15) is 4.79 Å². The van der Waals surface area contributed by atoms with Crippen LogP contribution < -0.4 is 10.6 Å². The average Bonchev–Trinajstić information content (AvgIpc) is 2.18. The molecule has 0 spiro atoms. The van der Waals surface area contributed by atoms with Crippen LogP contribution in [0.25, 0.3) is 0 Å². The third-order valence-corrected chi connectivity index (χ3v) is 2.34. The van der Waals surface area contributed by atoms with E-state index in [1.807, 2.05) is 45.0 Å². The molecule has 82 valence electrons. The molecule has 0 saturated carbocycles. The molecule has 15 heavy (non-hydrogen) atoms. The molecule has 2 N–H and O–H groups in total. The molecule has 0 aliphatic heterocycles. The van der Waals surface area contributed by atoms with Gasteiger partial charge in [0.2, 0.25) is 0 Å². The van der Waals surface area contributed by atoms with Crippen LogP contribution in [0, 0.1) is 6.92 Å². The molecule has 1 unspecified atom stereocenters. The van der Waals surface area contributed by atoms with Crippen LogP contribution in [-0.2, 0) is 0 Å². The minimum absolute atomic E-state index is 0.0396. The van der Waals surface area contributed by atoms with Crippen molar-refractivity contribution in [2.75, 3.05) is 6.54 Å². The Hall–Kier alpha value is -1.51. The van der Waals surface area contributed by atoms with Crippen LogP contribution in [0.15, 0.2) is 24.3 Å². The number of urea groups is 1. The van der Waals surface area contributed by atoms with Crippen molar-refractivity contribution in [1.82, 2.24) is 10.6 Å². The van der Waals surface area contributed by atoms with Crippen LogP contribution in [0.5, 0.6) is 0 Å². The number of carbonyl (C=O) groups excluding carboxylic acids is 1. The van der Waals surface area contributed by atoms with E-state index in [1.54, 1.807) is 0 Å². The summed E-state index contributed by atoms with van der Waals surface area (Å²) in [4.78, 5) is 11.3. The summed E-state index contributed by atoms with van der Waals surface area (Å²) in [7, 11) is 0. The molecule has 3 heteroatoms. The normalized spacial score (nSPS) is 11.9. The molecule has 1 aromatic carbocycles. The first kappa shape index (κ1) is 11.6. The number of rotatable bonds is 3. The van der Waals surface area contributed by atoms with Crippen molar-refractivity contribution in [3.63, 3.8) is 0 Å². The SMILES string of the molecule is CCNC(=O)NC(C)c1ccccc1C. The van der Waals surface area contributed by atoms with E-state index < -0.39 is 0 Å². The van der Waals surface area contributed by atoms with E-state index in [2.05, 4.69) is 10.6 Å². The lowest BCUT2D eigenvalue weighted by atomic mass is 10.0. The molecule has 0 aromatic heterocycles. The second kappa shape index (κ2) is 5.39. The number of benzene rings is 1. The zero-order valence-corrected chi connectivity index (χ0v) is 9.50. The zero-order valence-electron chi connectivity index (χ0n) is 9.50. The molecular formula is C12H18N2O. The highest BCUT2D eigenvalue weighted by Crippen LogP contribution is 2.16. The third kappa shape index (κ3) is 3.27. The number of hydrogen-bond donors (Lipinski definition) is 2. The highest BCUT2D eigenvalue weighted by molar-refractivity contribution is 5.74. The summed E-state index contributed by atoms with van der Waals surface area (Å²) >= 11 is 0. The van der Waals surface area contributed by atoms with Gasteiger partial charge in [-0.05, 0) is 31.9 Å². The van der Waals surface area contributed by atoms with Crippen molar-refractivity contribution in [1.29, 1.82) is 0 Å². The smallest absolute Gasteiger partial charge is 0.315 e. The van der Waals surface area contributed by atoms with Crippen molar-refractivity contribution in [2.24, 2.45) is 0 Å². The van der Waals surface area contributed by atoms with Crippen LogP contribution in [0.4, 0.5) is 4.79 Å². The standard InChI is InChI=1S/C12H18N2O/c1-4-13-12(15)14-10(3)11-8-6-5-7-9(11)2/h5-8,10H,4H2,1-3H3,(H2,13,14,15). The Bertz CT molecular complexity index is 336. The lowest BCUT2D eigenvalue weighted by molar-refractivity contribution is 0.238. The van der Waals surface area contributed by atoms with Crippen molar-refractivity contribution in [2.45, 2.75) is 26.8 Å². The van der Waals surface area contributed by atoms with Gasteiger partial charge in [0, 0.05) is 6.54 Å². The van der Waals surface area contributed by atoms with Crippen LogP contribution in [0.2, 0.25) is 0 Å². The van der Waals surface area contributed by atoms with Gasteiger partial charge in [0.25, 0.3) is 0 Å². The first-order valence-electron chi connectivity index (χ1n) is 5.25. The lowest BCUT2D eigenvalue weighted by Gasteiger charge is -2.16. The number of nitrogens with one attached hydrogen (secondary N) is 2. The molecule has 0 aliphatic rings. The van der Waals surface area contributed by atoms with Gasteiger partial charge in [0.1, 0.15) is 0 Å². The fourth-order valence-corrected chi connectivity index (χ4v) is 1.56. The first-order valence-corrected chi connectivity index (χ1v) is 5.25. The minimum atomic E-state index is -0.117. The second-order valence-corrected chi connectivity index (χ2v) is 3.58. The fraction of sp³-hybridized carbons (Fsp3) is 0.417. The lowest BCUT2D eigenvalue weighted by Crippen LogP contribution is -2.36. The molecule has 0 aliphatic carbocycles. The Labute approximate surface area is 90.9 Å². The highest BCUT2D eigenvalue weighted by atomic mass is 16.2. The second-order valence-electron chi connectivity index (χ2n) is 3.58. The van der Waals surface area contributed by atoms with Crippen molar-refractivity contribution >= 4 is 6.03 Å². The molecule has 1 rings (SSSR count). The third-order valence-electron chi connectivity index (χ3n) is 2.34. The molecular weight excluding hydrogens is 188 g/mol. The number of amides is 2. The van der Waals surface area contributed by atoms with Gasteiger partial charge in [-0.25, -0.2) is 4.79 Å². The minimum Gasteiger partial charge on any atom is -0.338 e. The number of carbonyl (C=O) groups is 1. The topological polar surface area (TPSA) is 41.1 Å². The summed E-state index contributed by atoms with van der Waals surface area (Å²) < 4.78 is 0. The molecule has 0 bridgehead atoms. The molecule has 1 atom stereocenters. The van der Waals surface area contributed by atoms with E-state index in [4.69, 9.17) is 0 Å². The van der Waals surface area contributed by atoms with Crippen LogP contribution in [0.3, 0.4) is 0 Å². The maximum Gasteiger partial charge on any atom is 0.315 e. The largest absolute Gasteiger partial charge is 0.338 e. The van der Waals surface area contributed by atoms with Crippen molar-refractivity contribution in [3.8, 4) is 0 Å². The van der Waals surface area contributed by atoms with E-state index in [1.165, 1.54) is 5.56 Å². The summed E-state index contributed by atoms with van der Waals surface area (Å²) in [5.41, 5.74) is 2.35. The summed E-state index contributed by atoms with van der Waals surface area (Å²) in [5, 5.41) is 5.60. The average molecular weight is 206 g/mol. The van der Waals surface area contributed by atoms with E-state index in [-0.39, 0.29) is 12.1 Å². The van der Waals surface area contributed by atoms with Gasteiger partial charge < -0.3 is 10.6 Å². The van der Waals surface area contributed by atoms with Gasteiger partial charge in [-0.1, -0.05) is 24.3 Å². The Morgan fingerprint density at radius 1 is 1.40 bits per heavy atom. The monoisotopic (exact) mass is 206 g/mol. The van der Waals surface area contributed by atoms with Gasteiger partial charge in [-0.2, -0.15) is 0 Å². The Balaban J connectivity index is 2.65. The summed E-state index contributed by atoms with van der Waals surface area (Å²) in [6.07, 6.45) is 0. The molecule has 2 amide bonds. The van der Waals surface area contributed by atoms with E-state index in [0.717, 1.165) is 5.56 Å². The Kier molecular flexibility index (Phi) is 4.16. The predicted octanol–water partition coefficient (Wildman–Crippen LogP) is 2.38. The number of hydrogen-bond acceptors (Lipinski definition) is 1. The van der Waals surface area contributed by atoms with Crippen molar-refractivity contribution < 1.29 is 4.79 Å². The molecule has 3 nitrogen and oxygen atoms in total. The maximum atomic E-state index is 11.3. The highest BCUT2D eigenvalue weighted by Gasteiger charge is 2.09. The van der Waals surface area contributed by atoms with Gasteiger partial charge in [0.15, 0.2) is 0 Å². The van der Waals surface area contributed by atoms with Gasteiger partial charge in [-0.3, -0.25) is 0 Å². The fourth-order valence-electron chi connectivity index (χ4n) is 1.56. The van der Waals surface area contributed by atoms with Gasteiger partial charge in [0.05, 0.1) is 6.04 Å². The molecule has 0 heterocycles. The molecule has 0 radical (unpaired) electrons. The Morgan fingerprint density at radius 2 is 2.07 bits per heavy atom. The van der Waals surface area contributed by atoms with Crippen LogP contribution >= 0.6 is 0 Å². The summed E-state index contributed by atoms with van der Waals surface area (Å²) in [5.74, 6) is 0. The van der Waals surface area contributed by atoms with Crippen molar-refractivity contribution in [3.05, 3.63) is 35.4 Å². The quantitative estimate of drug-likeness (QED) is 0.783. The van der Waals surface area contributed by atoms with Crippen LogP contribution in [0.1, 0.15) is 31.0 Å². The first-order chi connectivity index (χ1) is 7.15. The molecule has 0 fully saturated rings. The maximum absolute atomic E-state index is 11.3. The summed E-state index contributed by atoms with van der Waals surface area (Å²) in [6.45, 7) is 6.58. The van der Waals surface area contributed by atoms with E-state index >= 15 is 0 Å². The van der Waals surface area contributed by atoms with Gasteiger partial charge in [-0.15, -0.1) is 0 Å². The molecule has 1 aromatic rings. The van der Waals surface area contributed by atoms with Gasteiger partial charge >= 0.3 is 6.03 Å². The molecule has 0 saturated heterocycles. The van der Waals surface area contributed by atoms with E-state index in [0.29, 0.717) is 6.54 Å². The predicted molar refractivity (Wildman–Crippen MR) is 61.8 cm³/mol. The van der Waals surface area contributed by atoms with Crippen LogP contribution in [-0.4, -0.2) is 12.6 Å².